The molecule has 0 saturated heterocycles. The van der Waals surface area contributed by atoms with Gasteiger partial charge in [-0.25, -0.2) is 4.99 Å². The lowest BCUT2D eigenvalue weighted by atomic mass is 10.1. The quantitative estimate of drug-likeness (QED) is 0.420. The van der Waals surface area contributed by atoms with Crippen LogP contribution in [-0.4, -0.2) is 36.6 Å². The van der Waals surface area contributed by atoms with Gasteiger partial charge in [0.15, 0.2) is 0 Å². The highest BCUT2D eigenvalue weighted by atomic mass is 35.5. The Hall–Kier alpha value is -3.29. The first-order valence-corrected chi connectivity index (χ1v) is 12.0. The fourth-order valence-corrected chi connectivity index (χ4v) is 4.38. The summed E-state index contributed by atoms with van der Waals surface area (Å²) in [5, 5.41) is 4.31. The molecule has 1 amide bonds. The molecule has 3 aromatic carbocycles. The number of benzene rings is 3. The molecular weight excluding hydrogens is 470 g/mol. The van der Waals surface area contributed by atoms with E-state index in [1.165, 1.54) is 11.8 Å². The highest BCUT2D eigenvalue weighted by Gasteiger charge is 2.17. The van der Waals surface area contributed by atoms with Gasteiger partial charge >= 0.3 is 0 Å². The standard InChI is InChI=1S/C26H24ClN3O3S/c1-16-12-23(24(33-3)13-19(16)27)29-25(31)15-34-26-14-22(17-8-10-18(32-2)11-9-17)28-20-6-4-5-7-21(20)30-26/h4-13H,14-15H2,1-3H3,(H,29,31). The maximum absolute atomic E-state index is 12.8. The van der Waals surface area contributed by atoms with E-state index in [1.54, 1.807) is 26.4 Å². The van der Waals surface area contributed by atoms with Gasteiger partial charge in [0.05, 0.1) is 47.8 Å². The lowest BCUT2D eigenvalue weighted by molar-refractivity contribution is -0.113. The number of nitrogens with one attached hydrogen (secondary N) is 1. The Morgan fingerprint density at radius 3 is 2.41 bits per heavy atom. The number of nitrogens with zero attached hydrogens (tertiary/aromatic N) is 2. The summed E-state index contributed by atoms with van der Waals surface area (Å²) in [6, 6.07) is 19.0. The zero-order chi connectivity index (χ0) is 24.1. The van der Waals surface area contributed by atoms with E-state index in [1.807, 2.05) is 55.5 Å². The lowest BCUT2D eigenvalue weighted by Gasteiger charge is -2.12. The molecule has 0 radical (unpaired) electrons. The van der Waals surface area contributed by atoms with Crippen LogP contribution in [0, 0.1) is 6.92 Å². The maximum Gasteiger partial charge on any atom is 0.234 e. The predicted molar refractivity (Wildman–Crippen MR) is 141 cm³/mol. The normalized spacial score (nSPS) is 12.7. The fraction of sp³-hybridized carbons (Fsp3) is 0.192. The molecule has 0 spiro atoms. The Morgan fingerprint density at radius 2 is 1.74 bits per heavy atom. The molecule has 174 valence electrons. The number of hydrogen-bond acceptors (Lipinski definition) is 6. The van der Waals surface area contributed by atoms with Crippen LogP contribution in [0.5, 0.6) is 11.5 Å². The number of methoxy groups -OCH3 is 2. The SMILES string of the molecule is COc1ccc(C2=Nc3ccccc3N=C(SCC(=O)Nc3cc(C)c(Cl)cc3OC)C2)cc1. The molecule has 3 aromatic rings. The molecule has 0 aliphatic carbocycles. The molecule has 1 heterocycles. The van der Waals surface area contributed by atoms with Crippen molar-refractivity contribution in [2.75, 3.05) is 25.3 Å². The van der Waals surface area contributed by atoms with E-state index in [9.17, 15) is 4.79 Å². The molecule has 6 nitrogen and oxygen atoms in total. The molecule has 0 fully saturated rings. The van der Waals surface area contributed by atoms with Crippen molar-refractivity contribution in [3.63, 3.8) is 0 Å². The van der Waals surface area contributed by atoms with E-state index in [0.29, 0.717) is 22.9 Å². The number of halogens is 1. The lowest BCUT2D eigenvalue weighted by Crippen LogP contribution is -2.17. The molecule has 1 aliphatic rings. The summed E-state index contributed by atoms with van der Waals surface area (Å²) in [6.07, 6.45) is 0.516. The molecule has 0 bridgehead atoms. The van der Waals surface area contributed by atoms with E-state index in [-0.39, 0.29) is 11.7 Å². The topological polar surface area (TPSA) is 72.3 Å². The van der Waals surface area contributed by atoms with Crippen LogP contribution >= 0.6 is 23.4 Å². The molecule has 1 N–H and O–H groups in total. The second-order valence-electron chi connectivity index (χ2n) is 7.60. The number of ether oxygens (including phenoxy) is 2. The van der Waals surface area contributed by atoms with E-state index >= 15 is 0 Å². The number of carbonyl (C=O) groups excluding carboxylic acids is 1. The third-order valence-electron chi connectivity index (χ3n) is 5.25. The highest BCUT2D eigenvalue weighted by Crippen LogP contribution is 2.34. The first kappa shape index (κ1) is 23.9. The van der Waals surface area contributed by atoms with Crippen molar-refractivity contribution < 1.29 is 14.3 Å². The van der Waals surface area contributed by atoms with Crippen LogP contribution in [0.1, 0.15) is 17.5 Å². The number of fused-ring (bicyclic) bond motifs is 1. The number of carbonyl (C=O) groups is 1. The van der Waals surface area contributed by atoms with Gasteiger partial charge in [0.25, 0.3) is 0 Å². The molecule has 0 atom stereocenters. The van der Waals surface area contributed by atoms with Crippen molar-refractivity contribution in [1.29, 1.82) is 0 Å². The average Bonchev–Trinajstić information content (AvgIpc) is 3.04. The zero-order valence-corrected chi connectivity index (χ0v) is 20.7. The van der Waals surface area contributed by atoms with Gasteiger partial charge in [-0.15, -0.1) is 11.8 Å². The van der Waals surface area contributed by atoms with Crippen molar-refractivity contribution in [2.45, 2.75) is 13.3 Å². The Bertz CT molecular complexity index is 1270. The summed E-state index contributed by atoms with van der Waals surface area (Å²) in [6.45, 7) is 1.88. The van der Waals surface area contributed by atoms with Crippen LogP contribution in [-0.2, 0) is 4.79 Å². The van der Waals surface area contributed by atoms with Gasteiger partial charge in [0.1, 0.15) is 11.5 Å². The predicted octanol–water partition coefficient (Wildman–Crippen LogP) is 6.59. The van der Waals surface area contributed by atoms with Crippen molar-refractivity contribution >= 4 is 57.1 Å². The number of anilines is 1. The van der Waals surface area contributed by atoms with Crippen LogP contribution in [0.4, 0.5) is 17.1 Å². The molecule has 34 heavy (non-hydrogen) atoms. The van der Waals surface area contributed by atoms with Gasteiger partial charge in [0, 0.05) is 17.5 Å². The van der Waals surface area contributed by atoms with Gasteiger partial charge in [-0.1, -0.05) is 23.7 Å². The molecule has 0 saturated carbocycles. The van der Waals surface area contributed by atoms with Gasteiger partial charge < -0.3 is 14.8 Å². The summed E-state index contributed by atoms with van der Waals surface area (Å²) in [5.74, 6) is 1.34. The second kappa shape index (κ2) is 10.8. The van der Waals surface area contributed by atoms with Crippen LogP contribution in [0.2, 0.25) is 5.02 Å². The summed E-state index contributed by atoms with van der Waals surface area (Å²) < 4.78 is 10.6. The first-order valence-electron chi connectivity index (χ1n) is 10.6. The van der Waals surface area contributed by atoms with Gasteiger partial charge in [-0.2, -0.15) is 0 Å². The van der Waals surface area contributed by atoms with E-state index in [4.69, 9.17) is 31.1 Å². The Kier molecular flexibility index (Phi) is 7.55. The number of para-hydroxylation sites is 2. The van der Waals surface area contributed by atoms with Crippen LogP contribution in [0.3, 0.4) is 0 Å². The minimum atomic E-state index is -0.159. The summed E-state index contributed by atoms with van der Waals surface area (Å²) in [4.78, 5) is 22.4. The third-order valence-corrected chi connectivity index (χ3v) is 6.63. The van der Waals surface area contributed by atoms with Crippen LogP contribution in [0.15, 0.2) is 70.6 Å². The number of amides is 1. The molecule has 8 heteroatoms. The van der Waals surface area contributed by atoms with Crippen molar-refractivity contribution in [1.82, 2.24) is 0 Å². The Morgan fingerprint density at radius 1 is 1.03 bits per heavy atom. The number of thioether (sulfide) groups is 1. The zero-order valence-electron chi connectivity index (χ0n) is 19.1. The second-order valence-corrected chi connectivity index (χ2v) is 9.05. The molecule has 4 rings (SSSR count). The van der Waals surface area contributed by atoms with Crippen LogP contribution < -0.4 is 14.8 Å². The molecule has 0 aromatic heterocycles. The maximum atomic E-state index is 12.8. The minimum Gasteiger partial charge on any atom is -0.497 e. The summed E-state index contributed by atoms with van der Waals surface area (Å²) in [7, 11) is 3.19. The van der Waals surface area contributed by atoms with Crippen molar-refractivity contribution in [2.24, 2.45) is 9.98 Å². The number of rotatable bonds is 6. The third kappa shape index (κ3) is 5.61. The van der Waals surface area contributed by atoms with Crippen molar-refractivity contribution in [3.05, 3.63) is 76.8 Å². The minimum absolute atomic E-state index is 0.159. The average molecular weight is 494 g/mol. The van der Waals surface area contributed by atoms with E-state index in [2.05, 4.69) is 5.32 Å². The molecular formula is C26H24ClN3O3S. The van der Waals surface area contributed by atoms with Gasteiger partial charge in [0.2, 0.25) is 5.91 Å². The smallest absolute Gasteiger partial charge is 0.234 e. The highest BCUT2D eigenvalue weighted by molar-refractivity contribution is 8.14. The monoisotopic (exact) mass is 493 g/mol. The molecule has 0 unspecified atom stereocenters. The number of aryl methyl sites for hydroxylation is 1. The van der Waals surface area contributed by atoms with Crippen molar-refractivity contribution in [3.8, 4) is 11.5 Å². The number of hydrogen-bond donors (Lipinski definition) is 1. The Balaban J connectivity index is 1.52. The number of aliphatic imine (C=N–C) groups is 2. The summed E-state index contributed by atoms with van der Waals surface area (Å²) in [5.41, 5.74) is 4.89. The molecule has 1 aliphatic heterocycles. The fourth-order valence-electron chi connectivity index (χ4n) is 3.45. The van der Waals surface area contributed by atoms with Gasteiger partial charge in [-0.3, -0.25) is 9.79 Å². The first-order chi connectivity index (χ1) is 16.5. The van der Waals surface area contributed by atoms with E-state index in [0.717, 1.165) is 39.0 Å². The largest absolute Gasteiger partial charge is 0.497 e. The summed E-state index contributed by atoms with van der Waals surface area (Å²) >= 11 is 7.56. The van der Waals surface area contributed by atoms with Crippen LogP contribution in [0.25, 0.3) is 0 Å². The van der Waals surface area contributed by atoms with Gasteiger partial charge in [-0.05, 0) is 60.5 Å². The van der Waals surface area contributed by atoms with E-state index < -0.39 is 0 Å². The Labute approximate surface area is 208 Å².